The molecule has 0 saturated carbocycles. The summed E-state index contributed by atoms with van der Waals surface area (Å²) in [7, 11) is -3.39. The number of benzene rings is 1. The molecule has 0 fully saturated rings. The van der Waals surface area contributed by atoms with Gasteiger partial charge in [-0.1, -0.05) is 25.1 Å². The minimum atomic E-state index is -3.39. The van der Waals surface area contributed by atoms with Gasteiger partial charge in [-0.3, -0.25) is 9.52 Å². The number of hydrogen-bond acceptors (Lipinski definition) is 4. The highest BCUT2D eigenvalue weighted by molar-refractivity contribution is 7.92. The van der Waals surface area contributed by atoms with Crippen molar-refractivity contribution in [1.29, 1.82) is 0 Å². The standard InChI is InChI=1S/C18H22N2O3S2/c1-3-10-20(14-17-9-6-11-24-17)18(21)15-7-5-8-16(13-15)19-25(22,23)12-4-2/h3,5-9,11,13,19H,1,4,10,12,14H2,2H3. The van der Waals surface area contributed by atoms with Crippen molar-refractivity contribution < 1.29 is 13.2 Å². The summed E-state index contributed by atoms with van der Waals surface area (Å²) in [6.07, 6.45) is 2.21. The quantitative estimate of drug-likeness (QED) is 0.676. The number of thiophene rings is 1. The fraction of sp³-hybridized carbons (Fsp3) is 0.278. The van der Waals surface area contributed by atoms with Gasteiger partial charge in [0.1, 0.15) is 0 Å². The molecule has 0 aliphatic carbocycles. The first-order valence-corrected chi connectivity index (χ1v) is 10.5. The number of rotatable bonds is 9. The molecule has 2 rings (SSSR count). The molecule has 2 aromatic rings. The monoisotopic (exact) mass is 378 g/mol. The SMILES string of the molecule is C=CCN(Cc1cccs1)C(=O)c1cccc(NS(=O)(=O)CCC)c1. The predicted octanol–water partition coefficient (Wildman–Crippen LogP) is 3.73. The molecular weight excluding hydrogens is 356 g/mol. The van der Waals surface area contributed by atoms with E-state index in [1.165, 1.54) is 0 Å². The van der Waals surface area contributed by atoms with E-state index >= 15 is 0 Å². The van der Waals surface area contributed by atoms with Crippen molar-refractivity contribution in [3.63, 3.8) is 0 Å². The van der Waals surface area contributed by atoms with Gasteiger partial charge < -0.3 is 4.90 Å². The minimum Gasteiger partial charge on any atom is -0.330 e. The fourth-order valence-corrected chi connectivity index (χ4v) is 4.21. The molecule has 25 heavy (non-hydrogen) atoms. The van der Waals surface area contributed by atoms with Crippen molar-refractivity contribution in [2.75, 3.05) is 17.0 Å². The summed E-state index contributed by atoms with van der Waals surface area (Å²) < 4.78 is 26.3. The highest BCUT2D eigenvalue weighted by Gasteiger charge is 2.17. The number of amides is 1. The lowest BCUT2D eigenvalue weighted by molar-refractivity contribution is 0.0764. The average molecular weight is 379 g/mol. The van der Waals surface area contributed by atoms with E-state index in [4.69, 9.17) is 0 Å². The van der Waals surface area contributed by atoms with Crippen molar-refractivity contribution >= 4 is 33.0 Å². The predicted molar refractivity (Wildman–Crippen MR) is 103 cm³/mol. The van der Waals surface area contributed by atoms with Crippen LogP contribution in [0.25, 0.3) is 0 Å². The zero-order chi connectivity index (χ0) is 18.3. The number of nitrogens with zero attached hydrogens (tertiary/aromatic N) is 1. The van der Waals surface area contributed by atoms with Crippen molar-refractivity contribution in [2.45, 2.75) is 19.9 Å². The molecule has 0 aliphatic heterocycles. The number of carbonyl (C=O) groups excluding carboxylic acids is 1. The third-order valence-corrected chi connectivity index (χ3v) is 5.77. The van der Waals surface area contributed by atoms with E-state index in [1.807, 2.05) is 17.5 Å². The van der Waals surface area contributed by atoms with Gasteiger partial charge in [0, 0.05) is 22.7 Å². The number of anilines is 1. The molecule has 1 aromatic carbocycles. The lowest BCUT2D eigenvalue weighted by atomic mass is 10.1. The fourth-order valence-electron chi connectivity index (χ4n) is 2.36. The molecule has 0 spiro atoms. The van der Waals surface area contributed by atoms with Crippen LogP contribution in [-0.4, -0.2) is 31.5 Å². The van der Waals surface area contributed by atoms with Crippen molar-refractivity contribution in [1.82, 2.24) is 4.90 Å². The van der Waals surface area contributed by atoms with Crippen LogP contribution in [0.2, 0.25) is 0 Å². The smallest absolute Gasteiger partial charge is 0.254 e. The van der Waals surface area contributed by atoms with Crippen molar-refractivity contribution in [3.8, 4) is 0 Å². The number of sulfonamides is 1. The van der Waals surface area contributed by atoms with Crippen LogP contribution in [0.4, 0.5) is 5.69 Å². The molecule has 1 N–H and O–H groups in total. The van der Waals surface area contributed by atoms with Crippen LogP contribution in [0, 0.1) is 0 Å². The summed E-state index contributed by atoms with van der Waals surface area (Å²) in [4.78, 5) is 15.6. The van der Waals surface area contributed by atoms with Crippen LogP contribution in [0.15, 0.2) is 54.4 Å². The first-order chi connectivity index (χ1) is 11.9. The van der Waals surface area contributed by atoms with Gasteiger partial charge in [-0.05, 0) is 36.1 Å². The van der Waals surface area contributed by atoms with E-state index in [1.54, 1.807) is 53.5 Å². The lowest BCUT2D eigenvalue weighted by Gasteiger charge is -2.21. The second-order valence-electron chi connectivity index (χ2n) is 5.56. The Bertz CT molecular complexity index is 815. The van der Waals surface area contributed by atoms with Gasteiger partial charge in [0.15, 0.2) is 0 Å². The van der Waals surface area contributed by atoms with Crippen molar-refractivity contribution in [3.05, 3.63) is 64.9 Å². The van der Waals surface area contributed by atoms with Crippen LogP contribution in [0.5, 0.6) is 0 Å². The summed E-state index contributed by atoms with van der Waals surface area (Å²) in [5.41, 5.74) is 0.837. The summed E-state index contributed by atoms with van der Waals surface area (Å²) in [5, 5.41) is 1.97. The van der Waals surface area contributed by atoms with Gasteiger partial charge in [-0.2, -0.15) is 0 Å². The molecular formula is C18H22N2O3S2. The minimum absolute atomic E-state index is 0.0478. The largest absolute Gasteiger partial charge is 0.330 e. The molecule has 7 heteroatoms. The zero-order valence-corrected chi connectivity index (χ0v) is 15.8. The highest BCUT2D eigenvalue weighted by atomic mass is 32.2. The topological polar surface area (TPSA) is 66.5 Å². The van der Waals surface area contributed by atoms with E-state index in [0.29, 0.717) is 30.8 Å². The normalized spacial score (nSPS) is 11.1. The average Bonchev–Trinajstić information content (AvgIpc) is 3.06. The molecule has 1 amide bonds. The first-order valence-electron chi connectivity index (χ1n) is 7.98. The number of carbonyl (C=O) groups is 1. The van der Waals surface area contributed by atoms with Gasteiger partial charge in [0.25, 0.3) is 5.91 Å². The molecule has 0 bridgehead atoms. The van der Waals surface area contributed by atoms with Crippen LogP contribution in [0.1, 0.15) is 28.6 Å². The molecule has 0 unspecified atom stereocenters. The number of hydrogen-bond donors (Lipinski definition) is 1. The lowest BCUT2D eigenvalue weighted by Crippen LogP contribution is -2.30. The maximum atomic E-state index is 12.8. The molecule has 0 atom stereocenters. The summed E-state index contributed by atoms with van der Waals surface area (Å²) in [6, 6.07) is 10.5. The summed E-state index contributed by atoms with van der Waals surface area (Å²) >= 11 is 1.59. The Kier molecular flexibility index (Phi) is 6.78. The summed E-state index contributed by atoms with van der Waals surface area (Å²) in [6.45, 7) is 6.43. The molecule has 134 valence electrons. The van der Waals surface area contributed by atoms with Gasteiger partial charge in [-0.25, -0.2) is 8.42 Å². The molecule has 5 nitrogen and oxygen atoms in total. The maximum Gasteiger partial charge on any atom is 0.254 e. The van der Waals surface area contributed by atoms with Gasteiger partial charge in [0.2, 0.25) is 10.0 Å². The molecule has 0 radical (unpaired) electrons. The van der Waals surface area contributed by atoms with Gasteiger partial charge in [-0.15, -0.1) is 17.9 Å². The van der Waals surface area contributed by atoms with Gasteiger partial charge >= 0.3 is 0 Å². The van der Waals surface area contributed by atoms with E-state index < -0.39 is 10.0 Å². The Balaban J connectivity index is 2.19. The van der Waals surface area contributed by atoms with E-state index in [9.17, 15) is 13.2 Å². The van der Waals surface area contributed by atoms with E-state index in [0.717, 1.165) is 4.88 Å². The number of nitrogens with one attached hydrogen (secondary N) is 1. The zero-order valence-electron chi connectivity index (χ0n) is 14.1. The van der Waals surface area contributed by atoms with Crippen LogP contribution in [0.3, 0.4) is 0 Å². The van der Waals surface area contributed by atoms with E-state index in [2.05, 4.69) is 11.3 Å². The Morgan fingerprint density at radius 1 is 1.32 bits per heavy atom. The molecule has 1 heterocycles. The Labute approximate surface area is 153 Å². The van der Waals surface area contributed by atoms with Crippen molar-refractivity contribution in [2.24, 2.45) is 0 Å². The summed E-state index contributed by atoms with van der Waals surface area (Å²) in [5.74, 6) is -0.114. The third kappa shape index (κ3) is 5.72. The van der Waals surface area contributed by atoms with Crippen LogP contribution < -0.4 is 4.72 Å². The Morgan fingerprint density at radius 3 is 2.76 bits per heavy atom. The van der Waals surface area contributed by atoms with E-state index in [-0.39, 0.29) is 11.7 Å². The third-order valence-electron chi connectivity index (χ3n) is 3.42. The Hall–Kier alpha value is -2.12. The second kappa shape index (κ2) is 8.82. The molecule has 0 aliphatic rings. The molecule has 1 aromatic heterocycles. The first kappa shape index (κ1) is 19.2. The van der Waals surface area contributed by atoms with Crippen LogP contribution in [-0.2, 0) is 16.6 Å². The maximum absolute atomic E-state index is 12.8. The Morgan fingerprint density at radius 2 is 2.12 bits per heavy atom. The van der Waals surface area contributed by atoms with Crippen LogP contribution >= 0.6 is 11.3 Å². The molecule has 0 saturated heterocycles. The highest BCUT2D eigenvalue weighted by Crippen LogP contribution is 2.18. The second-order valence-corrected chi connectivity index (χ2v) is 8.43. The van der Waals surface area contributed by atoms with Gasteiger partial charge in [0.05, 0.1) is 12.3 Å².